The van der Waals surface area contributed by atoms with Crippen molar-refractivity contribution in [1.82, 2.24) is 10.2 Å². The number of amides is 1. The number of carbonyl (C=O) groups excluding carboxylic acids is 1. The van der Waals surface area contributed by atoms with Crippen molar-refractivity contribution in [1.29, 1.82) is 0 Å². The van der Waals surface area contributed by atoms with Gasteiger partial charge in [0.15, 0.2) is 0 Å². The number of aliphatic hydroxyl groups excluding tert-OH is 1. The number of ether oxygens (including phenoxy) is 2. The van der Waals surface area contributed by atoms with Crippen LogP contribution in [0.3, 0.4) is 0 Å². The van der Waals surface area contributed by atoms with Crippen LogP contribution in [-0.2, 0) is 14.3 Å². The smallest absolute Gasteiger partial charge is 0.239 e. The number of hydrogen-bond donors (Lipinski definition) is 2. The van der Waals surface area contributed by atoms with Gasteiger partial charge in [0.05, 0.1) is 38.1 Å². The van der Waals surface area contributed by atoms with Gasteiger partial charge < -0.3 is 24.8 Å². The second kappa shape index (κ2) is 11.9. The molecular weight excluding hydrogens is 272 g/mol. The van der Waals surface area contributed by atoms with Crippen molar-refractivity contribution in [2.45, 2.75) is 52.9 Å². The molecule has 0 bridgehead atoms. The second-order valence-corrected chi connectivity index (χ2v) is 5.29. The second-order valence-electron chi connectivity index (χ2n) is 5.29. The van der Waals surface area contributed by atoms with Gasteiger partial charge >= 0.3 is 0 Å². The lowest BCUT2D eigenvalue weighted by atomic mass is 10.2. The van der Waals surface area contributed by atoms with Crippen LogP contribution in [0.2, 0.25) is 0 Å². The predicted molar refractivity (Wildman–Crippen MR) is 83.3 cm³/mol. The van der Waals surface area contributed by atoms with Crippen LogP contribution in [-0.4, -0.2) is 73.6 Å². The molecule has 0 spiro atoms. The summed E-state index contributed by atoms with van der Waals surface area (Å²) in [5.74, 6) is 0.0541. The summed E-state index contributed by atoms with van der Waals surface area (Å²) in [7, 11) is 0. The van der Waals surface area contributed by atoms with Crippen LogP contribution in [0.25, 0.3) is 0 Å². The van der Waals surface area contributed by atoms with Crippen LogP contribution in [0.4, 0.5) is 0 Å². The van der Waals surface area contributed by atoms with Gasteiger partial charge in [-0.05, 0) is 34.6 Å². The highest BCUT2D eigenvalue weighted by molar-refractivity contribution is 5.81. The minimum atomic E-state index is -0.629. The molecule has 0 aliphatic heterocycles. The maximum atomic E-state index is 12.0. The van der Waals surface area contributed by atoms with Gasteiger partial charge in [0.25, 0.3) is 0 Å². The minimum Gasteiger partial charge on any atom is -0.389 e. The van der Waals surface area contributed by atoms with E-state index in [0.717, 1.165) is 0 Å². The van der Waals surface area contributed by atoms with Crippen LogP contribution >= 0.6 is 0 Å². The summed E-state index contributed by atoms with van der Waals surface area (Å²) in [4.78, 5) is 13.8. The number of nitrogens with zero attached hydrogens (tertiary/aromatic N) is 1. The Morgan fingerprint density at radius 1 is 1.19 bits per heavy atom. The summed E-state index contributed by atoms with van der Waals surface area (Å²) in [6.07, 6.45) is -0.442. The van der Waals surface area contributed by atoms with Crippen molar-refractivity contribution < 1.29 is 19.4 Å². The van der Waals surface area contributed by atoms with Gasteiger partial charge in [-0.2, -0.15) is 0 Å². The number of carbonyl (C=O) groups is 1. The molecule has 21 heavy (non-hydrogen) atoms. The van der Waals surface area contributed by atoms with Gasteiger partial charge in [-0.3, -0.25) is 4.79 Å². The van der Waals surface area contributed by atoms with Crippen LogP contribution in [0.5, 0.6) is 0 Å². The van der Waals surface area contributed by atoms with Crippen molar-refractivity contribution in [3.05, 3.63) is 0 Å². The SMILES string of the molecule is CCN(CC)C(=O)C(C)NCC(O)COCCOC(C)C. The Hall–Kier alpha value is -0.690. The van der Waals surface area contributed by atoms with E-state index < -0.39 is 6.10 Å². The molecule has 2 N–H and O–H groups in total. The van der Waals surface area contributed by atoms with Crippen LogP contribution in [0.1, 0.15) is 34.6 Å². The first-order valence-corrected chi connectivity index (χ1v) is 7.81. The highest BCUT2D eigenvalue weighted by Gasteiger charge is 2.18. The number of hydrogen-bond acceptors (Lipinski definition) is 5. The molecule has 0 saturated carbocycles. The van der Waals surface area contributed by atoms with E-state index in [2.05, 4.69) is 5.32 Å². The molecule has 0 aromatic rings. The van der Waals surface area contributed by atoms with Crippen molar-refractivity contribution in [3.63, 3.8) is 0 Å². The lowest BCUT2D eigenvalue weighted by Crippen LogP contribution is -2.47. The third-order valence-electron chi connectivity index (χ3n) is 3.09. The number of aliphatic hydroxyl groups is 1. The Labute approximate surface area is 128 Å². The van der Waals surface area contributed by atoms with Crippen molar-refractivity contribution in [2.75, 3.05) is 39.5 Å². The van der Waals surface area contributed by atoms with Gasteiger partial charge in [0.1, 0.15) is 0 Å². The third kappa shape index (κ3) is 9.79. The van der Waals surface area contributed by atoms with Crippen LogP contribution in [0.15, 0.2) is 0 Å². The fourth-order valence-electron chi connectivity index (χ4n) is 1.83. The van der Waals surface area contributed by atoms with E-state index in [-0.39, 0.29) is 24.7 Å². The number of rotatable bonds is 12. The predicted octanol–water partition coefficient (Wildman–Crippen LogP) is 0.635. The summed E-state index contributed by atoms with van der Waals surface area (Å²) < 4.78 is 10.6. The Morgan fingerprint density at radius 2 is 1.81 bits per heavy atom. The first kappa shape index (κ1) is 20.3. The van der Waals surface area contributed by atoms with E-state index in [9.17, 15) is 9.90 Å². The minimum absolute atomic E-state index is 0.0541. The average Bonchev–Trinajstić information content (AvgIpc) is 2.45. The molecule has 0 aliphatic carbocycles. The summed E-state index contributed by atoms with van der Waals surface area (Å²) in [5.41, 5.74) is 0. The molecule has 126 valence electrons. The third-order valence-corrected chi connectivity index (χ3v) is 3.09. The van der Waals surface area contributed by atoms with E-state index in [0.29, 0.717) is 32.8 Å². The summed E-state index contributed by atoms with van der Waals surface area (Å²) in [5, 5.41) is 12.8. The molecule has 0 rings (SSSR count). The van der Waals surface area contributed by atoms with E-state index in [4.69, 9.17) is 9.47 Å². The Bertz CT molecular complexity index is 270. The zero-order valence-corrected chi connectivity index (χ0v) is 14.1. The van der Waals surface area contributed by atoms with Gasteiger partial charge in [0.2, 0.25) is 5.91 Å². The lowest BCUT2D eigenvalue weighted by molar-refractivity contribution is -0.132. The van der Waals surface area contributed by atoms with Crippen LogP contribution in [0, 0.1) is 0 Å². The van der Waals surface area contributed by atoms with E-state index in [1.807, 2.05) is 34.6 Å². The van der Waals surface area contributed by atoms with Crippen LogP contribution < -0.4 is 5.32 Å². The highest BCUT2D eigenvalue weighted by Crippen LogP contribution is 1.95. The fourth-order valence-corrected chi connectivity index (χ4v) is 1.83. The largest absolute Gasteiger partial charge is 0.389 e. The van der Waals surface area contributed by atoms with Gasteiger partial charge in [-0.1, -0.05) is 0 Å². The van der Waals surface area contributed by atoms with Crippen molar-refractivity contribution in [2.24, 2.45) is 0 Å². The molecule has 2 unspecified atom stereocenters. The molecule has 0 aliphatic rings. The topological polar surface area (TPSA) is 71.0 Å². The molecule has 1 amide bonds. The summed E-state index contributed by atoms with van der Waals surface area (Å²) in [6, 6.07) is -0.302. The Morgan fingerprint density at radius 3 is 2.33 bits per heavy atom. The maximum absolute atomic E-state index is 12.0. The molecule has 6 nitrogen and oxygen atoms in total. The monoisotopic (exact) mass is 304 g/mol. The molecule has 0 aromatic heterocycles. The standard InChI is InChI=1S/C15H32N2O4/c1-6-17(7-2)15(19)13(5)16-10-14(18)11-20-8-9-21-12(3)4/h12-14,16,18H,6-11H2,1-5H3. The van der Waals surface area contributed by atoms with Crippen molar-refractivity contribution in [3.8, 4) is 0 Å². The molecule has 2 atom stereocenters. The summed E-state index contributed by atoms with van der Waals surface area (Å²) >= 11 is 0. The molecule has 0 radical (unpaired) electrons. The maximum Gasteiger partial charge on any atom is 0.239 e. The molecule has 0 saturated heterocycles. The van der Waals surface area contributed by atoms with E-state index in [1.165, 1.54) is 0 Å². The normalized spacial score (nSPS) is 14.2. The Kier molecular flexibility index (Phi) is 11.5. The molecule has 0 aromatic carbocycles. The van der Waals surface area contributed by atoms with Gasteiger partial charge in [-0.25, -0.2) is 0 Å². The van der Waals surface area contributed by atoms with Gasteiger partial charge in [-0.15, -0.1) is 0 Å². The highest BCUT2D eigenvalue weighted by atomic mass is 16.5. The quantitative estimate of drug-likeness (QED) is 0.518. The molecule has 0 fully saturated rings. The first-order valence-electron chi connectivity index (χ1n) is 7.81. The zero-order valence-electron chi connectivity index (χ0n) is 14.1. The van der Waals surface area contributed by atoms with Gasteiger partial charge in [0, 0.05) is 19.6 Å². The molecule has 6 heteroatoms. The van der Waals surface area contributed by atoms with E-state index in [1.54, 1.807) is 4.90 Å². The lowest BCUT2D eigenvalue weighted by Gasteiger charge is -2.24. The summed E-state index contributed by atoms with van der Waals surface area (Å²) in [6.45, 7) is 12.6. The average molecular weight is 304 g/mol. The van der Waals surface area contributed by atoms with Crippen molar-refractivity contribution >= 4 is 5.91 Å². The molecular formula is C15H32N2O4. The first-order chi connectivity index (χ1) is 9.92. The number of likely N-dealkylation sites (N-methyl/N-ethyl adjacent to an activating group) is 1. The van der Waals surface area contributed by atoms with E-state index >= 15 is 0 Å². The Balaban J connectivity index is 3.76. The zero-order chi connectivity index (χ0) is 16.3. The fraction of sp³-hybridized carbons (Fsp3) is 0.933. The number of nitrogens with one attached hydrogen (secondary N) is 1. The molecule has 0 heterocycles.